The minimum atomic E-state index is -0.508. The molecule has 1 amide bonds. The van der Waals surface area contributed by atoms with Crippen LogP contribution in [0.15, 0.2) is 12.3 Å². The van der Waals surface area contributed by atoms with Crippen LogP contribution in [0.4, 0.5) is 5.69 Å². The summed E-state index contributed by atoms with van der Waals surface area (Å²) in [5.41, 5.74) is 0.209. The van der Waals surface area contributed by atoms with E-state index in [2.05, 4.69) is 20.9 Å². The second kappa shape index (κ2) is 5.51. The van der Waals surface area contributed by atoms with Gasteiger partial charge in [-0.05, 0) is 19.3 Å². The first-order valence-corrected chi connectivity index (χ1v) is 6.95. The predicted octanol–water partition coefficient (Wildman–Crippen LogP) is 2.31. The van der Waals surface area contributed by atoms with E-state index in [0.717, 1.165) is 19.3 Å². The molecule has 1 aromatic rings. The van der Waals surface area contributed by atoms with Gasteiger partial charge in [0.2, 0.25) is 0 Å². The van der Waals surface area contributed by atoms with Gasteiger partial charge < -0.3 is 9.88 Å². The van der Waals surface area contributed by atoms with Gasteiger partial charge in [0.15, 0.2) is 0 Å². The van der Waals surface area contributed by atoms with Crippen molar-refractivity contribution < 1.29 is 9.72 Å². The average molecular weight is 316 g/mol. The van der Waals surface area contributed by atoms with Crippen LogP contribution in [-0.4, -0.2) is 38.6 Å². The molecule has 1 fully saturated rings. The van der Waals surface area contributed by atoms with E-state index < -0.39 is 4.92 Å². The maximum absolute atomic E-state index is 12.3. The first-order valence-electron chi connectivity index (χ1n) is 5.83. The highest BCUT2D eigenvalue weighted by Crippen LogP contribution is 2.26. The third-order valence-electron chi connectivity index (χ3n) is 3.21. The van der Waals surface area contributed by atoms with Crippen molar-refractivity contribution in [1.82, 2.24) is 9.88 Å². The molecule has 0 unspecified atom stereocenters. The minimum Gasteiger partial charge on any atom is -0.351 e. The highest BCUT2D eigenvalue weighted by atomic mass is 79.9. The molecule has 6 nitrogen and oxygen atoms in total. The van der Waals surface area contributed by atoms with E-state index in [1.54, 1.807) is 4.90 Å². The van der Waals surface area contributed by atoms with Crippen LogP contribution < -0.4 is 0 Å². The topological polar surface area (TPSA) is 79.2 Å². The molecular weight excluding hydrogens is 302 g/mol. The molecule has 2 rings (SSSR count). The number of hydrogen-bond acceptors (Lipinski definition) is 3. The van der Waals surface area contributed by atoms with E-state index in [0.29, 0.717) is 11.9 Å². The molecule has 0 radical (unpaired) electrons. The Hall–Kier alpha value is -1.37. The van der Waals surface area contributed by atoms with Crippen molar-refractivity contribution in [3.8, 4) is 0 Å². The van der Waals surface area contributed by atoms with Gasteiger partial charge in [-0.15, -0.1) is 0 Å². The van der Waals surface area contributed by atoms with Crippen LogP contribution in [0.1, 0.15) is 29.8 Å². The molecule has 18 heavy (non-hydrogen) atoms. The number of halogens is 1. The van der Waals surface area contributed by atoms with Gasteiger partial charge >= 0.3 is 0 Å². The summed E-state index contributed by atoms with van der Waals surface area (Å²) >= 11 is 3.33. The Labute approximate surface area is 113 Å². The number of rotatable bonds is 5. The molecule has 1 aliphatic rings. The van der Waals surface area contributed by atoms with Gasteiger partial charge in [-0.3, -0.25) is 14.9 Å². The minimum absolute atomic E-state index is 0.0780. The monoisotopic (exact) mass is 315 g/mol. The molecule has 98 valence electrons. The second-order valence-electron chi connectivity index (χ2n) is 4.30. The van der Waals surface area contributed by atoms with Gasteiger partial charge in [0.1, 0.15) is 5.69 Å². The molecule has 0 aromatic carbocycles. The molecule has 7 heteroatoms. The zero-order chi connectivity index (χ0) is 13.1. The molecular formula is C11H14BrN3O3. The lowest BCUT2D eigenvalue weighted by atomic mass is 9.91. The van der Waals surface area contributed by atoms with Gasteiger partial charge in [-0.25, -0.2) is 0 Å². The number of H-pyrrole nitrogens is 1. The number of amides is 1. The Morgan fingerprint density at radius 1 is 1.61 bits per heavy atom. The van der Waals surface area contributed by atoms with Crippen molar-refractivity contribution in [2.24, 2.45) is 0 Å². The van der Waals surface area contributed by atoms with E-state index in [9.17, 15) is 14.9 Å². The highest BCUT2D eigenvalue weighted by Gasteiger charge is 2.30. The molecule has 1 aromatic heterocycles. The smallest absolute Gasteiger partial charge is 0.287 e. The zero-order valence-electron chi connectivity index (χ0n) is 9.76. The number of alkyl halides is 1. The second-order valence-corrected chi connectivity index (χ2v) is 5.09. The summed E-state index contributed by atoms with van der Waals surface area (Å²) < 4.78 is 0. The molecule has 0 atom stereocenters. The molecule has 0 saturated heterocycles. The fourth-order valence-electron chi connectivity index (χ4n) is 2.01. The van der Waals surface area contributed by atoms with E-state index in [-0.39, 0.29) is 23.3 Å². The van der Waals surface area contributed by atoms with E-state index in [4.69, 9.17) is 0 Å². The summed E-state index contributed by atoms with van der Waals surface area (Å²) in [5, 5.41) is 11.3. The summed E-state index contributed by atoms with van der Waals surface area (Å²) in [5.74, 6) is -0.160. The van der Waals surface area contributed by atoms with E-state index in [1.165, 1.54) is 12.3 Å². The lowest BCUT2D eigenvalue weighted by Crippen LogP contribution is -2.45. The quantitative estimate of drug-likeness (QED) is 0.514. The average Bonchev–Trinajstić information content (AvgIpc) is 2.74. The predicted molar refractivity (Wildman–Crippen MR) is 69.9 cm³/mol. The van der Waals surface area contributed by atoms with Gasteiger partial charge in [0.05, 0.1) is 11.1 Å². The number of nitrogens with zero attached hydrogens (tertiary/aromatic N) is 2. The normalized spacial score (nSPS) is 15.2. The molecule has 0 bridgehead atoms. The number of aromatic amines is 1. The Bertz CT molecular complexity index is 456. The van der Waals surface area contributed by atoms with Crippen molar-refractivity contribution in [2.75, 3.05) is 11.9 Å². The summed E-state index contributed by atoms with van der Waals surface area (Å²) in [6.45, 7) is 0.621. The summed E-state index contributed by atoms with van der Waals surface area (Å²) in [6.07, 6.45) is 4.42. The van der Waals surface area contributed by atoms with Gasteiger partial charge in [-0.2, -0.15) is 0 Å². The van der Waals surface area contributed by atoms with Crippen LogP contribution in [0.3, 0.4) is 0 Å². The van der Waals surface area contributed by atoms with Gasteiger partial charge in [0, 0.05) is 24.0 Å². The summed E-state index contributed by atoms with van der Waals surface area (Å²) in [4.78, 5) is 26.8. The molecule has 1 aliphatic carbocycles. The Kier molecular flexibility index (Phi) is 4.00. The van der Waals surface area contributed by atoms with Crippen LogP contribution in [0.25, 0.3) is 0 Å². The van der Waals surface area contributed by atoms with Crippen LogP contribution in [0.5, 0.6) is 0 Å². The fourth-order valence-corrected chi connectivity index (χ4v) is 2.39. The fraction of sp³-hybridized carbons (Fsp3) is 0.545. The maximum Gasteiger partial charge on any atom is 0.287 e. The van der Waals surface area contributed by atoms with Gasteiger partial charge in [0.25, 0.3) is 11.6 Å². The summed E-state index contributed by atoms with van der Waals surface area (Å²) in [7, 11) is 0. The number of nitro groups is 1. The number of hydrogen-bond donors (Lipinski definition) is 1. The van der Waals surface area contributed by atoms with Crippen molar-refractivity contribution >= 4 is 27.5 Å². The zero-order valence-corrected chi connectivity index (χ0v) is 11.4. The first kappa shape index (κ1) is 13.1. The van der Waals surface area contributed by atoms with Crippen LogP contribution in [0, 0.1) is 10.1 Å². The van der Waals surface area contributed by atoms with Crippen molar-refractivity contribution in [3.63, 3.8) is 0 Å². The van der Waals surface area contributed by atoms with E-state index in [1.807, 2.05) is 0 Å². The Morgan fingerprint density at radius 2 is 2.33 bits per heavy atom. The maximum atomic E-state index is 12.3. The van der Waals surface area contributed by atoms with Crippen molar-refractivity contribution in [2.45, 2.75) is 25.3 Å². The molecule has 0 spiro atoms. The number of aromatic nitrogens is 1. The molecule has 1 N–H and O–H groups in total. The number of carbonyl (C=O) groups excluding carboxylic acids is 1. The van der Waals surface area contributed by atoms with Crippen LogP contribution >= 0.6 is 15.9 Å². The molecule has 1 heterocycles. The largest absolute Gasteiger partial charge is 0.351 e. The Morgan fingerprint density at radius 3 is 2.78 bits per heavy atom. The molecule has 1 saturated carbocycles. The van der Waals surface area contributed by atoms with Crippen molar-refractivity contribution in [1.29, 1.82) is 0 Å². The lowest BCUT2D eigenvalue weighted by molar-refractivity contribution is -0.384. The van der Waals surface area contributed by atoms with Crippen molar-refractivity contribution in [3.05, 3.63) is 28.1 Å². The van der Waals surface area contributed by atoms with Gasteiger partial charge in [-0.1, -0.05) is 15.9 Å². The first-order chi connectivity index (χ1) is 8.63. The standard InChI is InChI=1S/C11H14BrN3O3/c12-4-5-14(8-2-1-3-8)11(16)10-6-9(7-13-10)15(17)18/h6-8,13H,1-5H2. The van der Waals surface area contributed by atoms with E-state index >= 15 is 0 Å². The lowest BCUT2D eigenvalue weighted by Gasteiger charge is -2.37. The SMILES string of the molecule is O=C(c1cc([N+](=O)[O-])c[nH]1)N(CCBr)C1CCC1. The molecule has 0 aliphatic heterocycles. The third-order valence-corrected chi connectivity index (χ3v) is 3.57. The highest BCUT2D eigenvalue weighted by molar-refractivity contribution is 9.09. The Balaban J connectivity index is 2.13. The van der Waals surface area contributed by atoms with Crippen LogP contribution in [-0.2, 0) is 0 Å². The third kappa shape index (κ3) is 2.55. The van der Waals surface area contributed by atoms with Crippen LogP contribution in [0.2, 0.25) is 0 Å². The summed E-state index contributed by atoms with van der Waals surface area (Å²) in [6, 6.07) is 1.57. The number of nitrogens with one attached hydrogen (secondary N) is 1. The number of carbonyl (C=O) groups is 1.